The lowest BCUT2D eigenvalue weighted by atomic mass is 9.76. The first-order valence-electron chi connectivity index (χ1n) is 5.72. The van der Waals surface area contributed by atoms with Crippen molar-refractivity contribution in [3.63, 3.8) is 0 Å². The molecule has 0 rings (SSSR count). The van der Waals surface area contributed by atoms with Gasteiger partial charge in [-0.1, -0.05) is 48.5 Å². The molecule has 0 aliphatic rings. The van der Waals surface area contributed by atoms with E-state index in [-0.39, 0.29) is 11.5 Å². The molecule has 0 spiro atoms. The lowest BCUT2D eigenvalue weighted by molar-refractivity contribution is 0.0396. The summed E-state index contributed by atoms with van der Waals surface area (Å²) in [5.74, 6) is 0.366. The van der Waals surface area contributed by atoms with Crippen LogP contribution in [-0.4, -0.2) is 11.2 Å². The molecular formula is C13H28O. The molecule has 0 saturated heterocycles. The summed E-state index contributed by atoms with van der Waals surface area (Å²) in [5.41, 5.74) is 0.538. The molecule has 0 amide bonds. The van der Waals surface area contributed by atoms with Crippen molar-refractivity contribution in [1.82, 2.24) is 0 Å². The molecule has 1 N–H and O–H groups in total. The zero-order valence-corrected chi connectivity index (χ0v) is 11.0. The Kier molecular flexibility index (Phi) is 4.64. The van der Waals surface area contributed by atoms with E-state index in [1.165, 1.54) is 0 Å². The average Bonchev–Trinajstić information content (AvgIpc) is 1.95. The molecular weight excluding hydrogens is 172 g/mol. The van der Waals surface area contributed by atoms with Gasteiger partial charge in [0.2, 0.25) is 0 Å². The number of hydrogen-bond acceptors (Lipinski definition) is 1. The van der Waals surface area contributed by atoms with E-state index in [1.807, 2.05) is 0 Å². The van der Waals surface area contributed by atoms with Gasteiger partial charge in [0.05, 0.1) is 6.10 Å². The normalized spacial score (nSPS) is 18.0. The van der Waals surface area contributed by atoms with Gasteiger partial charge >= 0.3 is 0 Å². The van der Waals surface area contributed by atoms with Gasteiger partial charge in [0.25, 0.3) is 0 Å². The van der Waals surface area contributed by atoms with E-state index in [0.29, 0.717) is 11.3 Å². The highest BCUT2D eigenvalue weighted by Gasteiger charge is 2.27. The Bertz CT molecular complexity index is 159. The predicted octanol–water partition coefficient (Wildman–Crippen LogP) is 3.86. The van der Waals surface area contributed by atoms with Gasteiger partial charge in [-0.3, -0.25) is 0 Å². The summed E-state index contributed by atoms with van der Waals surface area (Å²) in [6, 6.07) is 0. The summed E-state index contributed by atoms with van der Waals surface area (Å²) in [6.07, 6.45) is 1.85. The highest BCUT2D eigenvalue weighted by atomic mass is 16.3. The molecule has 1 nitrogen and oxygen atoms in total. The molecule has 2 atom stereocenters. The monoisotopic (exact) mass is 200 g/mol. The highest BCUT2D eigenvalue weighted by Crippen LogP contribution is 2.32. The molecule has 1 heteroatoms. The lowest BCUT2D eigenvalue weighted by Gasteiger charge is -2.32. The van der Waals surface area contributed by atoms with Crippen LogP contribution in [0.15, 0.2) is 0 Å². The number of hydrogen-bond donors (Lipinski definition) is 1. The molecule has 0 aromatic rings. The van der Waals surface area contributed by atoms with Crippen LogP contribution >= 0.6 is 0 Å². The van der Waals surface area contributed by atoms with Crippen molar-refractivity contribution < 1.29 is 5.11 Å². The van der Waals surface area contributed by atoms with Crippen molar-refractivity contribution in [1.29, 1.82) is 0 Å². The average molecular weight is 200 g/mol. The van der Waals surface area contributed by atoms with Crippen LogP contribution in [0, 0.1) is 16.7 Å². The third kappa shape index (κ3) is 5.64. The van der Waals surface area contributed by atoms with Crippen LogP contribution in [0.5, 0.6) is 0 Å². The van der Waals surface area contributed by atoms with Gasteiger partial charge in [-0.15, -0.1) is 0 Å². The van der Waals surface area contributed by atoms with Crippen molar-refractivity contribution in [3.05, 3.63) is 0 Å². The van der Waals surface area contributed by atoms with E-state index in [9.17, 15) is 5.11 Å². The van der Waals surface area contributed by atoms with Crippen LogP contribution in [0.2, 0.25) is 0 Å². The zero-order valence-electron chi connectivity index (χ0n) is 11.0. The second-order valence-corrected chi connectivity index (χ2v) is 6.82. The number of aliphatic hydroxyl groups is 1. The summed E-state index contributed by atoms with van der Waals surface area (Å²) in [7, 11) is 0. The fourth-order valence-corrected chi connectivity index (χ4v) is 1.41. The fraction of sp³-hybridized carbons (Fsp3) is 1.00. The van der Waals surface area contributed by atoms with Crippen LogP contribution in [0.3, 0.4) is 0 Å². The molecule has 0 saturated carbocycles. The molecule has 86 valence electrons. The van der Waals surface area contributed by atoms with Crippen molar-refractivity contribution in [2.45, 2.75) is 67.4 Å². The predicted molar refractivity (Wildman–Crippen MR) is 63.3 cm³/mol. The molecule has 2 unspecified atom stereocenters. The van der Waals surface area contributed by atoms with Gasteiger partial charge in [-0.2, -0.15) is 0 Å². The molecule has 0 aliphatic heterocycles. The Labute approximate surface area is 89.9 Å². The van der Waals surface area contributed by atoms with E-state index in [2.05, 4.69) is 48.5 Å². The van der Waals surface area contributed by atoms with Crippen molar-refractivity contribution in [2.75, 3.05) is 0 Å². The summed E-state index contributed by atoms with van der Waals surface area (Å²) in [4.78, 5) is 0. The molecule has 14 heavy (non-hydrogen) atoms. The fourth-order valence-electron chi connectivity index (χ4n) is 1.41. The van der Waals surface area contributed by atoms with Crippen LogP contribution in [-0.2, 0) is 0 Å². The van der Waals surface area contributed by atoms with Crippen molar-refractivity contribution in [3.8, 4) is 0 Å². The van der Waals surface area contributed by atoms with E-state index < -0.39 is 0 Å². The van der Waals surface area contributed by atoms with E-state index in [1.54, 1.807) is 0 Å². The summed E-state index contributed by atoms with van der Waals surface area (Å²) >= 11 is 0. The first-order chi connectivity index (χ1) is 6.04. The smallest absolute Gasteiger partial charge is 0.0571 e. The molecule has 0 aromatic heterocycles. The summed E-state index contributed by atoms with van der Waals surface area (Å²) in [5, 5.41) is 10.0. The van der Waals surface area contributed by atoms with Crippen LogP contribution in [0.1, 0.15) is 61.3 Å². The summed E-state index contributed by atoms with van der Waals surface area (Å²) in [6.45, 7) is 15.4. The third-order valence-electron chi connectivity index (χ3n) is 3.13. The van der Waals surface area contributed by atoms with Gasteiger partial charge in [0.1, 0.15) is 0 Å². The standard InChI is InChI=1S/C13H28O/c1-10(13(5,6)7)11(14)8-9-12(2,3)4/h10-11,14H,8-9H2,1-7H3. The van der Waals surface area contributed by atoms with Crippen LogP contribution in [0.25, 0.3) is 0 Å². The molecule has 0 bridgehead atoms. The molecule has 0 radical (unpaired) electrons. The summed E-state index contributed by atoms with van der Waals surface area (Å²) < 4.78 is 0. The Morgan fingerprint density at radius 1 is 1.00 bits per heavy atom. The van der Waals surface area contributed by atoms with Gasteiger partial charge in [-0.05, 0) is 29.6 Å². The van der Waals surface area contributed by atoms with Crippen LogP contribution < -0.4 is 0 Å². The van der Waals surface area contributed by atoms with Gasteiger partial charge in [-0.25, -0.2) is 0 Å². The largest absolute Gasteiger partial charge is 0.393 e. The first-order valence-corrected chi connectivity index (χ1v) is 5.72. The minimum Gasteiger partial charge on any atom is -0.393 e. The number of rotatable bonds is 3. The first kappa shape index (κ1) is 14.0. The second-order valence-electron chi connectivity index (χ2n) is 6.82. The Morgan fingerprint density at radius 3 is 1.71 bits per heavy atom. The Balaban J connectivity index is 4.03. The minimum absolute atomic E-state index is 0.158. The lowest BCUT2D eigenvalue weighted by Crippen LogP contribution is -2.30. The maximum atomic E-state index is 10.0. The van der Waals surface area contributed by atoms with E-state index in [4.69, 9.17) is 0 Å². The zero-order chi connectivity index (χ0) is 11.6. The quantitative estimate of drug-likeness (QED) is 0.733. The topological polar surface area (TPSA) is 20.2 Å². The molecule has 0 aliphatic carbocycles. The highest BCUT2D eigenvalue weighted by molar-refractivity contribution is 4.78. The van der Waals surface area contributed by atoms with Gasteiger partial charge in [0, 0.05) is 0 Å². The maximum absolute atomic E-state index is 10.0. The Hall–Kier alpha value is -0.0400. The van der Waals surface area contributed by atoms with Crippen molar-refractivity contribution >= 4 is 0 Å². The van der Waals surface area contributed by atoms with Crippen molar-refractivity contribution in [2.24, 2.45) is 16.7 Å². The Morgan fingerprint density at radius 2 is 1.43 bits per heavy atom. The van der Waals surface area contributed by atoms with Gasteiger partial charge in [0.15, 0.2) is 0 Å². The second kappa shape index (κ2) is 4.65. The number of aliphatic hydroxyl groups excluding tert-OH is 1. The van der Waals surface area contributed by atoms with E-state index in [0.717, 1.165) is 12.8 Å². The van der Waals surface area contributed by atoms with Gasteiger partial charge < -0.3 is 5.11 Å². The van der Waals surface area contributed by atoms with Crippen LogP contribution in [0.4, 0.5) is 0 Å². The third-order valence-corrected chi connectivity index (χ3v) is 3.13. The molecule has 0 fully saturated rings. The minimum atomic E-state index is -0.158. The maximum Gasteiger partial charge on any atom is 0.0571 e. The molecule has 0 heterocycles. The SMILES string of the molecule is CC(C(O)CCC(C)(C)C)C(C)(C)C. The molecule has 0 aromatic carbocycles. The van der Waals surface area contributed by atoms with E-state index >= 15 is 0 Å².